The van der Waals surface area contributed by atoms with Gasteiger partial charge in [0.15, 0.2) is 5.58 Å². The molecule has 5 nitrogen and oxygen atoms in total. The van der Waals surface area contributed by atoms with Crippen molar-refractivity contribution in [3.63, 3.8) is 0 Å². The maximum Gasteiger partial charge on any atom is 0.325 e. The van der Waals surface area contributed by atoms with Crippen molar-refractivity contribution >= 4 is 23.1 Å². The van der Waals surface area contributed by atoms with Crippen molar-refractivity contribution in [2.24, 2.45) is 0 Å². The summed E-state index contributed by atoms with van der Waals surface area (Å²) in [7, 11) is 0. The van der Waals surface area contributed by atoms with Crippen molar-refractivity contribution in [1.29, 1.82) is 0 Å². The monoisotopic (exact) mass is 220 g/mol. The van der Waals surface area contributed by atoms with Gasteiger partial charge in [0.05, 0.1) is 0 Å². The standard InChI is InChI=1S/C11H12N2O3/c1-6-3-4-9-8(5-6)13-11(16-9)12-7(2)10(14)15/h3-5,7H,1-2H3,(H,12,13)(H,14,15)/t7-/m1/s1. The fraction of sp³-hybridized carbons (Fsp3) is 0.273. The first-order valence-corrected chi connectivity index (χ1v) is 4.93. The minimum absolute atomic E-state index is 0.232. The van der Waals surface area contributed by atoms with E-state index in [4.69, 9.17) is 9.52 Å². The van der Waals surface area contributed by atoms with E-state index < -0.39 is 12.0 Å². The Labute approximate surface area is 92.1 Å². The Morgan fingerprint density at radius 1 is 1.56 bits per heavy atom. The molecule has 1 heterocycles. The number of hydrogen-bond acceptors (Lipinski definition) is 4. The van der Waals surface area contributed by atoms with Crippen molar-refractivity contribution in [2.75, 3.05) is 5.32 Å². The summed E-state index contributed by atoms with van der Waals surface area (Å²) in [6.45, 7) is 3.49. The van der Waals surface area contributed by atoms with Gasteiger partial charge in [0.1, 0.15) is 11.6 Å². The zero-order valence-corrected chi connectivity index (χ0v) is 9.02. The SMILES string of the molecule is Cc1ccc2oc(N[C@H](C)C(=O)O)nc2c1. The number of nitrogens with zero attached hydrogens (tertiary/aromatic N) is 1. The highest BCUT2D eigenvalue weighted by Gasteiger charge is 2.13. The molecule has 0 aliphatic rings. The van der Waals surface area contributed by atoms with Gasteiger partial charge in [-0.05, 0) is 31.5 Å². The van der Waals surface area contributed by atoms with Gasteiger partial charge in [-0.15, -0.1) is 0 Å². The molecule has 0 aliphatic heterocycles. The third-order valence-electron chi connectivity index (χ3n) is 2.25. The number of oxazole rings is 1. The number of rotatable bonds is 3. The van der Waals surface area contributed by atoms with E-state index >= 15 is 0 Å². The summed E-state index contributed by atoms with van der Waals surface area (Å²) in [5.41, 5.74) is 2.45. The Morgan fingerprint density at radius 2 is 2.31 bits per heavy atom. The van der Waals surface area contributed by atoms with Gasteiger partial charge >= 0.3 is 5.97 Å². The number of carbonyl (C=O) groups is 1. The molecule has 0 fully saturated rings. The number of benzene rings is 1. The van der Waals surface area contributed by atoms with E-state index in [9.17, 15) is 4.79 Å². The Morgan fingerprint density at radius 3 is 3.00 bits per heavy atom. The minimum Gasteiger partial charge on any atom is -0.480 e. The summed E-state index contributed by atoms with van der Waals surface area (Å²) in [6, 6.07) is 5.12. The van der Waals surface area contributed by atoms with Crippen molar-refractivity contribution in [1.82, 2.24) is 4.98 Å². The molecule has 0 radical (unpaired) electrons. The van der Waals surface area contributed by atoms with Gasteiger partial charge in [-0.3, -0.25) is 4.79 Å². The van der Waals surface area contributed by atoms with Crippen molar-refractivity contribution in [3.05, 3.63) is 23.8 Å². The zero-order valence-electron chi connectivity index (χ0n) is 9.02. The first-order valence-electron chi connectivity index (χ1n) is 4.93. The molecule has 2 aromatic rings. The number of carboxylic acid groups (broad SMARTS) is 1. The third kappa shape index (κ3) is 1.98. The first kappa shape index (κ1) is 10.5. The van der Waals surface area contributed by atoms with Crippen LogP contribution in [0.2, 0.25) is 0 Å². The molecule has 1 aromatic heterocycles. The van der Waals surface area contributed by atoms with Crippen molar-refractivity contribution in [3.8, 4) is 0 Å². The lowest BCUT2D eigenvalue weighted by molar-refractivity contribution is -0.137. The average molecular weight is 220 g/mol. The van der Waals surface area contributed by atoms with Crippen LogP contribution in [0.3, 0.4) is 0 Å². The number of carboxylic acids is 1. The number of hydrogen-bond donors (Lipinski definition) is 2. The quantitative estimate of drug-likeness (QED) is 0.827. The van der Waals surface area contributed by atoms with Crippen LogP contribution >= 0.6 is 0 Å². The number of aliphatic carboxylic acids is 1. The van der Waals surface area contributed by atoms with Crippen LogP contribution in [0.5, 0.6) is 0 Å². The minimum atomic E-state index is -0.946. The highest BCUT2D eigenvalue weighted by molar-refractivity contribution is 5.78. The maximum absolute atomic E-state index is 10.6. The van der Waals surface area contributed by atoms with Gasteiger partial charge in [-0.25, -0.2) is 0 Å². The Kier molecular flexibility index (Phi) is 2.52. The normalized spacial score (nSPS) is 12.6. The first-order chi connectivity index (χ1) is 7.56. The number of fused-ring (bicyclic) bond motifs is 1. The van der Waals surface area contributed by atoms with Crippen molar-refractivity contribution < 1.29 is 14.3 Å². The summed E-state index contributed by atoms with van der Waals surface area (Å²) in [5, 5.41) is 11.4. The summed E-state index contributed by atoms with van der Waals surface area (Å²) in [4.78, 5) is 14.8. The van der Waals surface area contributed by atoms with E-state index in [1.807, 2.05) is 25.1 Å². The second-order valence-electron chi connectivity index (χ2n) is 3.69. The van der Waals surface area contributed by atoms with Crippen LogP contribution in [0.25, 0.3) is 11.1 Å². The van der Waals surface area contributed by atoms with Crippen LogP contribution < -0.4 is 5.32 Å². The molecule has 0 bridgehead atoms. The van der Waals surface area contributed by atoms with Crippen LogP contribution in [0, 0.1) is 6.92 Å². The number of aryl methyl sites for hydroxylation is 1. The topological polar surface area (TPSA) is 75.4 Å². The second-order valence-corrected chi connectivity index (χ2v) is 3.69. The van der Waals surface area contributed by atoms with Gasteiger partial charge < -0.3 is 14.8 Å². The molecule has 1 aromatic carbocycles. The molecule has 0 saturated heterocycles. The summed E-state index contributed by atoms with van der Waals surface area (Å²) in [5.74, 6) is -0.946. The Bertz CT molecular complexity index is 533. The molecular formula is C11H12N2O3. The number of anilines is 1. The van der Waals surface area contributed by atoms with Crippen LogP contribution in [0.1, 0.15) is 12.5 Å². The maximum atomic E-state index is 10.6. The molecule has 0 amide bonds. The molecule has 2 rings (SSSR count). The number of nitrogens with one attached hydrogen (secondary N) is 1. The van der Waals surface area contributed by atoms with Gasteiger partial charge in [-0.2, -0.15) is 4.98 Å². The van der Waals surface area contributed by atoms with Gasteiger partial charge in [0.2, 0.25) is 0 Å². The summed E-state index contributed by atoms with van der Waals surface area (Å²) in [6.07, 6.45) is 0. The van der Waals surface area contributed by atoms with E-state index in [1.165, 1.54) is 6.92 Å². The fourth-order valence-electron chi connectivity index (χ4n) is 1.35. The number of aromatic nitrogens is 1. The van der Waals surface area contributed by atoms with Gasteiger partial charge in [0.25, 0.3) is 6.01 Å². The molecule has 0 spiro atoms. The summed E-state index contributed by atoms with van der Waals surface area (Å²) >= 11 is 0. The van der Waals surface area contributed by atoms with Gasteiger partial charge in [-0.1, -0.05) is 6.07 Å². The van der Waals surface area contributed by atoms with Gasteiger partial charge in [0, 0.05) is 0 Å². The van der Waals surface area contributed by atoms with Crippen LogP contribution in [0.15, 0.2) is 22.6 Å². The molecule has 1 atom stereocenters. The molecule has 0 saturated carbocycles. The molecule has 2 N–H and O–H groups in total. The van der Waals surface area contributed by atoms with E-state index in [2.05, 4.69) is 10.3 Å². The van der Waals surface area contributed by atoms with Crippen LogP contribution in [-0.2, 0) is 4.79 Å². The zero-order chi connectivity index (χ0) is 11.7. The van der Waals surface area contributed by atoms with Crippen LogP contribution in [0.4, 0.5) is 6.01 Å². The lowest BCUT2D eigenvalue weighted by Gasteiger charge is -2.04. The predicted octanol–water partition coefficient (Wildman–Crippen LogP) is 2.02. The van der Waals surface area contributed by atoms with Crippen molar-refractivity contribution in [2.45, 2.75) is 19.9 Å². The smallest absolute Gasteiger partial charge is 0.325 e. The predicted molar refractivity (Wildman–Crippen MR) is 59.5 cm³/mol. The molecule has 0 aliphatic carbocycles. The Balaban J connectivity index is 2.29. The van der Waals surface area contributed by atoms with E-state index in [0.29, 0.717) is 5.58 Å². The third-order valence-corrected chi connectivity index (χ3v) is 2.25. The lowest BCUT2D eigenvalue weighted by atomic mass is 10.2. The van der Waals surface area contributed by atoms with E-state index in [0.717, 1.165) is 11.1 Å². The van der Waals surface area contributed by atoms with E-state index in [-0.39, 0.29) is 6.01 Å². The molecule has 5 heteroatoms. The molecular weight excluding hydrogens is 208 g/mol. The molecule has 16 heavy (non-hydrogen) atoms. The molecule has 0 unspecified atom stereocenters. The Hall–Kier alpha value is -2.04. The second kappa shape index (κ2) is 3.84. The van der Waals surface area contributed by atoms with E-state index in [1.54, 1.807) is 0 Å². The molecule has 84 valence electrons. The average Bonchev–Trinajstić information content (AvgIpc) is 2.58. The lowest BCUT2D eigenvalue weighted by Crippen LogP contribution is -2.25. The largest absolute Gasteiger partial charge is 0.480 e. The fourth-order valence-corrected chi connectivity index (χ4v) is 1.35. The summed E-state index contributed by atoms with van der Waals surface area (Å²) < 4.78 is 5.36. The van der Waals surface area contributed by atoms with Crippen LogP contribution in [-0.4, -0.2) is 22.1 Å². The highest BCUT2D eigenvalue weighted by atomic mass is 16.4. The highest BCUT2D eigenvalue weighted by Crippen LogP contribution is 2.20.